The number of nitro groups is 1. The lowest BCUT2D eigenvalue weighted by Crippen LogP contribution is -2.06. The molecule has 0 saturated carbocycles. The Balaban J connectivity index is 1.53. The van der Waals surface area contributed by atoms with Gasteiger partial charge in [-0.1, -0.05) is 0 Å². The standard InChI is InChI=1S/C13H16N3O3P/c17-16(18)11-2-3-12-10(9-11)1-4-13(12)19-20(14-5-6-14)15-7-8-15/h2-3,9,13H,1,4-8H2. The van der Waals surface area contributed by atoms with E-state index in [9.17, 15) is 10.1 Å². The van der Waals surface area contributed by atoms with Gasteiger partial charge in [-0.25, -0.2) is 9.34 Å². The molecule has 0 amide bonds. The van der Waals surface area contributed by atoms with Crippen molar-refractivity contribution >= 4 is 14.1 Å². The topological polar surface area (TPSA) is 58.4 Å². The summed E-state index contributed by atoms with van der Waals surface area (Å²) in [5, 5.41) is 10.8. The summed E-state index contributed by atoms with van der Waals surface area (Å²) in [6, 6.07) is 5.18. The number of nitro benzene ring substituents is 1. The van der Waals surface area contributed by atoms with Gasteiger partial charge in [-0.05, 0) is 30.0 Å². The van der Waals surface area contributed by atoms with E-state index in [4.69, 9.17) is 4.52 Å². The van der Waals surface area contributed by atoms with Gasteiger partial charge in [-0.3, -0.25) is 10.1 Å². The van der Waals surface area contributed by atoms with Crippen LogP contribution >= 0.6 is 8.45 Å². The van der Waals surface area contributed by atoms with E-state index in [0.29, 0.717) is 0 Å². The van der Waals surface area contributed by atoms with Gasteiger partial charge in [-0.2, -0.15) is 0 Å². The number of nitrogens with zero attached hydrogens (tertiary/aromatic N) is 3. The van der Waals surface area contributed by atoms with Gasteiger partial charge in [0.1, 0.15) is 0 Å². The Kier molecular flexibility index (Phi) is 3.00. The largest absolute Gasteiger partial charge is 0.323 e. The van der Waals surface area contributed by atoms with Crippen molar-refractivity contribution in [3.63, 3.8) is 0 Å². The number of aryl methyl sites for hydroxylation is 1. The molecule has 3 aliphatic rings. The highest BCUT2D eigenvalue weighted by Gasteiger charge is 2.42. The fraction of sp³-hybridized carbons (Fsp3) is 0.538. The molecule has 0 aromatic heterocycles. The average molecular weight is 293 g/mol. The van der Waals surface area contributed by atoms with Gasteiger partial charge in [0.15, 0.2) is 8.45 Å². The van der Waals surface area contributed by atoms with Crippen LogP contribution < -0.4 is 0 Å². The van der Waals surface area contributed by atoms with Crippen LogP contribution in [0.4, 0.5) is 5.69 Å². The van der Waals surface area contributed by atoms with Crippen LogP contribution in [0.1, 0.15) is 23.7 Å². The Morgan fingerprint density at radius 3 is 2.55 bits per heavy atom. The molecule has 106 valence electrons. The van der Waals surface area contributed by atoms with Crippen LogP contribution in [0.25, 0.3) is 0 Å². The van der Waals surface area contributed by atoms with Crippen LogP contribution in [0.5, 0.6) is 0 Å². The first-order valence-electron chi connectivity index (χ1n) is 6.96. The monoisotopic (exact) mass is 293 g/mol. The van der Waals surface area contributed by atoms with Crippen LogP contribution in [-0.4, -0.2) is 40.4 Å². The highest BCUT2D eigenvalue weighted by Crippen LogP contribution is 2.57. The third kappa shape index (κ3) is 2.33. The molecule has 1 atom stereocenters. The zero-order valence-corrected chi connectivity index (χ0v) is 12.0. The molecule has 1 aromatic rings. The van der Waals surface area contributed by atoms with Gasteiger partial charge in [0.25, 0.3) is 5.69 Å². The smallest absolute Gasteiger partial charge is 0.269 e. The van der Waals surface area contributed by atoms with Crippen LogP contribution in [0.3, 0.4) is 0 Å². The zero-order chi connectivity index (χ0) is 13.7. The molecule has 1 aliphatic carbocycles. The van der Waals surface area contributed by atoms with Crippen LogP contribution in [0.2, 0.25) is 0 Å². The lowest BCUT2D eigenvalue weighted by molar-refractivity contribution is -0.384. The fourth-order valence-corrected chi connectivity index (χ4v) is 4.58. The summed E-state index contributed by atoms with van der Waals surface area (Å²) in [4.78, 5) is 10.5. The average Bonchev–Trinajstić information content (AvgIpc) is 3.34. The summed E-state index contributed by atoms with van der Waals surface area (Å²) in [6.07, 6.45) is 1.93. The van der Waals surface area contributed by atoms with Gasteiger partial charge in [0.05, 0.1) is 11.0 Å². The maximum absolute atomic E-state index is 10.8. The highest BCUT2D eigenvalue weighted by atomic mass is 31.2. The molecule has 0 bridgehead atoms. The van der Waals surface area contributed by atoms with Crippen molar-refractivity contribution in [1.29, 1.82) is 0 Å². The van der Waals surface area contributed by atoms with Crippen LogP contribution in [0.15, 0.2) is 18.2 Å². The van der Waals surface area contributed by atoms with Crippen molar-refractivity contribution in [2.75, 3.05) is 26.2 Å². The van der Waals surface area contributed by atoms with Crippen molar-refractivity contribution in [2.24, 2.45) is 0 Å². The number of rotatable bonds is 5. The van der Waals surface area contributed by atoms with Crippen molar-refractivity contribution < 1.29 is 9.45 Å². The SMILES string of the molecule is O=[N+]([O-])c1ccc2c(c1)CCC2OP(N1CC1)N1CC1. The predicted octanol–water partition coefficient (Wildman–Crippen LogP) is 2.46. The molecular weight excluding hydrogens is 277 g/mol. The van der Waals surface area contributed by atoms with E-state index in [1.54, 1.807) is 12.1 Å². The Morgan fingerprint density at radius 2 is 1.95 bits per heavy atom. The first-order valence-corrected chi connectivity index (χ1v) is 8.13. The second-order valence-electron chi connectivity index (χ2n) is 5.43. The van der Waals surface area contributed by atoms with Gasteiger partial charge in [0, 0.05) is 38.3 Å². The third-order valence-electron chi connectivity index (χ3n) is 3.91. The van der Waals surface area contributed by atoms with E-state index in [2.05, 4.69) is 9.34 Å². The minimum Gasteiger partial charge on any atom is -0.323 e. The second kappa shape index (κ2) is 4.74. The van der Waals surface area contributed by atoms with Crippen molar-refractivity contribution in [3.8, 4) is 0 Å². The minimum atomic E-state index is -0.579. The lowest BCUT2D eigenvalue weighted by Gasteiger charge is -2.23. The Bertz CT molecular complexity index is 548. The van der Waals surface area contributed by atoms with Gasteiger partial charge < -0.3 is 4.52 Å². The quantitative estimate of drug-likeness (QED) is 0.361. The minimum absolute atomic E-state index is 0.109. The van der Waals surface area contributed by atoms with Gasteiger partial charge in [0.2, 0.25) is 0 Å². The number of hydrogen-bond acceptors (Lipinski definition) is 5. The molecule has 0 radical (unpaired) electrons. The zero-order valence-electron chi connectivity index (χ0n) is 11.1. The predicted molar refractivity (Wildman–Crippen MR) is 75.3 cm³/mol. The summed E-state index contributed by atoms with van der Waals surface area (Å²) >= 11 is 0. The first-order chi connectivity index (χ1) is 9.72. The molecule has 0 N–H and O–H groups in total. The van der Waals surface area contributed by atoms with Crippen molar-refractivity contribution in [1.82, 2.24) is 9.34 Å². The molecule has 2 saturated heterocycles. The Morgan fingerprint density at radius 1 is 1.25 bits per heavy atom. The fourth-order valence-electron chi connectivity index (χ4n) is 2.65. The van der Waals surface area contributed by atoms with E-state index in [1.165, 1.54) is 0 Å². The molecule has 4 rings (SSSR count). The van der Waals surface area contributed by atoms with Crippen LogP contribution in [0, 0.1) is 10.1 Å². The number of fused-ring (bicyclic) bond motifs is 1. The maximum Gasteiger partial charge on any atom is 0.269 e. The second-order valence-corrected chi connectivity index (χ2v) is 7.28. The molecule has 0 spiro atoms. The van der Waals surface area contributed by atoms with E-state index in [-0.39, 0.29) is 16.7 Å². The Labute approximate surface area is 118 Å². The van der Waals surface area contributed by atoms with Crippen molar-refractivity contribution in [2.45, 2.75) is 18.9 Å². The van der Waals surface area contributed by atoms with Crippen molar-refractivity contribution in [3.05, 3.63) is 39.4 Å². The molecule has 2 aliphatic heterocycles. The number of hydrogen-bond donors (Lipinski definition) is 0. The summed E-state index contributed by atoms with van der Waals surface area (Å²) < 4.78 is 11.1. The first kappa shape index (κ1) is 12.7. The summed E-state index contributed by atoms with van der Waals surface area (Å²) in [5.41, 5.74) is 2.41. The summed E-state index contributed by atoms with van der Waals surface area (Å²) in [5.74, 6) is 0. The summed E-state index contributed by atoms with van der Waals surface area (Å²) in [7, 11) is -0.579. The number of non-ortho nitro benzene ring substituents is 1. The molecule has 2 fully saturated rings. The lowest BCUT2D eigenvalue weighted by atomic mass is 10.1. The molecule has 1 aromatic carbocycles. The third-order valence-corrected chi connectivity index (χ3v) is 6.12. The maximum atomic E-state index is 10.8. The Hall–Kier alpha value is -1.07. The molecule has 7 heteroatoms. The molecule has 6 nitrogen and oxygen atoms in total. The molecule has 20 heavy (non-hydrogen) atoms. The highest BCUT2D eigenvalue weighted by molar-refractivity contribution is 7.48. The molecule has 2 heterocycles. The number of benzene rings is 1. The van der Waals surface area contributed by atoms with E-state index < -0.39 is 8.45 Å². The molecule has 1 unspecified atom stereocenters. The van der Waals surface area contributed by atoms with E-state index >= 15 is 0 Å². The van der Waals surface area contributed by atoms with Gasteiger partial charge >= 0.3 is 0 Å². The van der Waals surface area contributed by atoms with Crippen LogP contribution in [-0.2, 0) is 10.9 Å². The summed E-state index contributed by atoms with van der Waals surface area (Å²) in [6.45, 7) is 4.56. The van der Waals surface area contributed by atoms with E-state index in [1.807, 2.05) is 6.07 Å². The van der Waals surface area contributed by atoms with Gasteiger partial charge in [-0.15, -0.1) is 0 Å². The van der Waals surface area contributed by atoms with E-state index in [0.717, 1.165) is 50.1 Å². The normalized spacial score (nSPS) is 24.9. The molecular formula is C13H16N3O3P.